The molecule has 0 aromatic heterocycles. The van der Waals surface area contributed by atoms with Gasteiger partial charge in [0.1, 0.15) is 0 Å². The molecule has 3 atom stereocenters. The van der Waals surface area contributed by atoms with E-state index in [1.165, 1.54) is 31.2 Å². The average Bonchev–Trinajstić information content (AvgIpc) is 2.87. The van der Waals surface area contributed by atoms with Crippen molar-refractivity contribution in [3.8, 4) is 0 Å². The zero-order valence-electron chi connectivity index (χ0n) is 15.1. The molecule has 0 spiro atoms. The van der Waals surface area contributed by atoms with Gasteiger partial charge in [-0.1, -0.05) is 30.3 Å². The molecule has 0 saturated carbocycles. The molecule has 0 radical (unpaired) electrons. The van der Waals surface area contributed by atoms with Crippen molar-refractivity contribution in [1.29, 1.82) is 0 Å². The molecule has 142 valence electrons. The van der Waals surface area contributed by atoms with Crippen LogP contribution in [0.3, 0.4) is 0 Å². The van der Waals surface area contributed by atoms with E-state index in [2.05, 4.69) is 53.9 Å². The number of amides is 1. The highest BCUT2D eigenvalue weighted by molar-refractivity contribution is 5.85. The summed E-state index contributed by atoms with van der Waals surface area (Å²) in [4.78, 5) is 14.5. The molecule has 1 aromatic carbocycles. The standard InChI is InChI=1S/C19H29N3O.2ClH/c1-22(2)18(15-6-4-3-5-7-15)13-20-19(23)12-14-10-16-8-9-17(11-14)21-16;;/h3-7,14,16-18,21H,8-13H2,1-2H3,(H,20,23);2*1H. The number of nitrogens with one attached hydrogen (secondary N) is 2. The van der Waals surface area contributed by atoms with Gasteiger partial charge in [-0.15, -0.1) is 24.8 Å². The minimum absolute atomic E-state index is 0. The number of carbonyl (C=O) groups excluding carboxylic acids is 1. The van der Waals surface area contributed by atoms with E-state index >= 15 is 0 Å². The SMILES string of the molecule is CN(C)C(CNC(=O)CC1CC2CCC(C1)N2)c1ccccc1.Cl.Cl. The first-order chi connectivity index (χ1) is 11.1. The Labute approximate surface area is 163 Å². The molecule has 3 unspecified atom stereocenters. The minimum atomic E-state index is 0. The van der Waals surface area contributed by atoms with Gasteiger partial charge in [0.15, 0.2) is 0 Å². The van der Waals surface area contributed by atoms with Crippen LogP contribution in [0.15, 0.2) is 30.3 Å². The highest BCUT2D eigenvalue weighted by atomic mass is 35.5. The van der Waals surface area contributed by atoms with Crippen molar-refractivity contribution < 1.29 is 4.79 Å². The Kier molecular flexibility index (Phi) is 9.22. The van der Waals surface area contributed by atoms with Crippen LogP contribution in [0.5, 0.6) is 0 Å². The van der Waals surface area contributed by atoms with Crippen LogP contribution in [-0.4, -0.2) is 43.5 Å². The van der Waals surface area contributed by atoms with Crippen LogP contribution >= 0.6 is 24.8 Å². The Morgan fingerprint density at radius 3 is 2.32 bits per heavy atom. The van der Waals surface area contributed by atoms with Crippen LogP contribution < -0.4 is 10.6 Å². The van der Waals surface area contributed by atoms with Gasteiger partial charge in [0.2, 0.25) is 5.91 Å². The number of fused-ring (bicyclic) bond motifs is 2. The molecule has 2 fully saturated rings. The van der Waals surface area contributed by atoms with Gasteiger partial charge in [-0.3, -0.25) is 4.79 Å². The molecule has 2 bridgehead atoms. The van der Waals surface area contributed by atoms with E-state index < -0.39 is 0 Å². The van der Waals surface area contributed by atoms with Crippen molar-refractivity contribution in [3.63, 3.8) is 0 Å². The largest absolute Gasteiger partial charge is 0.354 e. The maximum Gasteiger partial charge on any atom is 0.220 e. The monoisotopic (exact) mass is 387 g/mol. The summed E-state index contributed by atoms with van der Waals surface area (Å²) in [6.07, 6.45) is 5.60. The van der Waals surface area contributed by atoms with Crippen LogP contribution in [0.25, 0.3) is 0 Å². The second-order valence-electron chi connectivity index (χ2n) is 7.37. The molecule has 25 heavy (non-hydrogen) atoms. The maximum atomic E-state index is 12.4. The number of nitrogens with zero attached hydrogens (tertiary/aromatic N) is 1. The molecule has 1 aromatic rings. The molecule has 2 heterocycles. The van der Waals surface area contributed by atoms with Crippen molar-refractivity contribution >= 4 is 30.7 Å². The van der Waals surface area contributed by atoms with Gasteiger partial charge in [-0.2, -0.15) is 0 Å². The van der Waals surface area contributed by atoms with Crippen molar-refractivity contribution in [2.45, 2.75) is 50.2 Å². The maximum absolute atomic E-state index is 12.4. The lowest BCUT2D eigenvalue weighted by atomic mass is 9.89. The molecule has 6 heteroatoms. The number of likely N-dealkylation sites (N-methyl/N-ethyl adjacent to an activating group) is 1. The van der Waals surface area contributed by atoms with E-state index in [-0.39, 0.29) is 36.8 Å². The van der Waals surface area contributed by atoms with Gasteiger partial charge in [-0.05, 0) is 51.3 Å². The summed E-state index contributed by atoms with van der Waals surface area (Å²) in [7, 11) is 4.13. The predicted octanol–water partition coefficient (Wildman–Crippen LogP) is 3.17. The fourth-order valence-electron chi connectivity index (χ4n) is 4.16. The first-order valence-corrected chi connectivity index (χ1v) is 8.86. The summed E-state index contributed by atoms with van der Waals surface area (Å²) < 4.78 is 0. The smallest absolute Gasteiger partial charge is 0.220 e. The number of halogens is 2. The van der Waals surface area contributed by atoms with E-state index in [1.54, 1.807) is 0 Å². The lowest BCUT2D eigenvalue weighted by Crippen LogP contribution is -2.40. The van der Waals surface area contributed by atoms with Gasteiger partial charge in [0.25, 0.3) is 0 Å². The van der Waals surface area contributed by atoms with Crippen molar-refractivity contribution in [2.75, 3.05) is 20.6 Å². The minimum Gasteiger partial charge on any atom is -0.354 e. The van der Waals surface area contributed by atoms with Gasteiger partial charge >= 0.3 is 0 Å². The Bertz CT molecular complexity index is 515. The molecular formula is C19H31Cl2N3O. The third-order valence-electron chi connectivity index (χ3n) is 5.35. The van der Waals surface area contributed by atoms with E-state index in [0.717, 1.165) is 0 Å². The fourth-order valence-corrected chi connectivity index (χ4v) is 4.16. The number of piperidine rings is 1. The molecular weight excluding hydrogens is 357 g/mol. The highest BCUT2D eigenvalue weighted by Crippen LogP contribution is 2.32. The van der Waals surface area contributed by atoms with Crippen LogP contribution in [0.4, 0.5) is 0 Å². The number of rotatable bonds is 6. The number of hydrogen-bond acceptors (Lipinski definition) is 3. The third kappa shape index (κ3) is 6.14. The zero-order valence-corrected chi connectivity index (χ0v) is 16.7. The molecule has 0 aliphatic carbocycles. The topological polar surface area (TPSA) is 44.4 Å². The summed E-state index contributed by atoms with van der Waals surface area (Å²) >= 11 is 0. The number of hydrogen-bond donors (Lipinski definition) is 2. The first kappa shape index (κ1) is 22.2. The van der Waals surface area contributed by atoms with Crippen LogP contribution in [0.1, 0.15) is 43.7 Å². The van der Waals surface area contributed by atoms with E-state index in [9.17, 15) is 4.79 Å². The van der Waals surface area contributed by atoms with Crippen LogP contribution in [0, 0.1) is 5.92 Å². The molecule has 2 saturated heterocycles. The zero-order chi connectivity index (χ0) is 16.2. The molecule has 2 N–H and O–H groups in total. The summed E-state index contributed by atoms with van der Waals surface area (Å²) in [6.45, 7) is 0.674. The van der Waals surface area contributed by atoms with Gasteiger partial charge in [0, 0.05) is 25.0 Å². The summed E-state index contributed by atoms with van der Waals surface area (Å²) in [5.74, 6) is 0.766. The Balaban J connectivity index is 0.00000156. The Morgan fingerprint density at radius 2 is 1.76 bits per heavy atom. The average molecular weight is 388 g/mol. The fraction of sp³-hybridized carbons (Fsp3) is 0.632. The molecule has 4 nitrogen and oxygen atoms in total. The van der Waals surface area contributed by atoms with Gasteiger partial charge in [0.05, 0.1) is 6.04 Å². The highest BCUT2D eigenvalue weighted by Gasteiger charge is 2.34. The molecule has 3 rings (SSSR count). The van der Waals surface area contributed by atoms with Crippen molar-refractivity contribution in [1.82, 2.24) is 15.5 Å². The van der Waals surface area contributed by atoms with Crippen LogP contribution in [-0.2, 0) is 4.79 Å². The van der Waals surface area contributed by atoms with Gasteiger partial charge in [-0.25, -0.2) is 0 Å². The van der Waals surface area contributed by atoms with Crippen LogP contribution in [0.2, 0.25) is 0 Å². The predicted molar refractivity (Wildman–Crippen MR) is 108 cm³/mol. The Morgan fingerprint density at radius 1 is 1.16 bits per heavy atom. The normalized spacial score (nSPS) is 25.6. The van der Waals surface area contributed by atoms with Gasteiger partial charge < -0.3 is 15.5 Å². The second kappa shape index (κ2) is 10.4. The number of benzene rings is 1. The van der Waals surface area contributed by atoms with Crippen molar-refractivity contribution in [3.05, 3.63) is 35.9 Å². The van der Waals surface area contributed by atoms with E-state index in [1.807, 2.05) is 6.07 Å². The first-order valence-electron chi connectivity index (χ1n) is 8.86. The number of carbonyl (C=O) groups is 1. The third-order valence-corrected chi connectivity index (χ3v) is 5.35. The molecule has 2 aliphatic heterocycles. The van der Waals surface area contributed by atoms with E-state index in [0.29, 0.717) is 31.0 Å². The van der Waals surface area contributed by atoms with Crippen molar-refractivity contribution in [2.24, 2.45) is 5.92 Å². The summed E-state index contributed by atoms with van der Waals surface area (Å²) in [5.41, 5.74) is 1.25. The molecule has 1 amide bonds. The second-order valence-corrected chi connectivity index (χ2v) is 7.37. The Hall–Kier alpha value is -0.810. The molecule has 2 aliphatic rings. The quantitative estimate of drug-likeness (QED) is 0.787. The van der Waals surface area contributed by atoms with E-state index in [4.69, 9.17) is 0 Å². The lowest BCUT2D eigenvalue weighted by Gasteiger charge is -2.29. The summed E-state index contributed by atoms with van der Waals surface area (Å²) in [6, 6.07) is 11.9. The summed E-state index contributed by atoms with van der Waals surface area (Å²) in [5, 5.41) is 6.80. The lowest BCUT2D eigenvalue weighted by molar-refractivity contribution is -0.122.